The van der Waals surface area contributed by atoms with E-state index in [1.54, 1.807) is 36.3 Å². The third-order valence-corrected chi connectivity index (χ3v) is 3.92. The monoisotopic (exact) mass is 309 g/mol. The van der Waals surface area contributed by atoms with Gasteiger partial charge in [0.15, 0.2) is 0 Å². The van der Waals surface area contributed by atoms with Gasteiger partial charge in [0, 0.05) is 36.4 Å². The Morgan fingerprint density at radius 2 is 2.38 bits per heavy atom. The van der Waals surface area contributed by atoms with Gasteiger partial charge in [0.05, 0.1) is 7.11 Å². The summed E-state index contributed by atoms with van der Waals surface area (Å²) < 4.78 is 5.24. The van der Waals surface area contributed by atoms with Gasteiger partial charge in [0.2, 0.25) is 5.91 Å². The fraction of sp³-hybridized carbons (Fsp3) is 0.438. The summed E-state index contributed by atoms with van der Waals surface area (Å²) in [5, 5.41) is 9.81. The number of ether oxygens (including phenoxy) is 1. The first kappa shape index (κ1) is 15.9. The lowest BCUT2D eigenvalue weighted by atomic mass is 9.99. The number of benzene rings is 1. The number of aliphatic hydroxyl groups is 1. The van der Waals surface area contributed by atoms with Crippen LogP contribution >= 0.6 is 11.6 Å². The molecule has 1 atom stereocenters. The van der Waals surface area contributed by atoms with E-state index in [1.165, 1.54) is 6.08 Å². The topological polar surface area (TPSA) is 49.8 Å². The van der Waals surface area contributed by atoms with Gasteiger partial charge in [0.25, 0.3) is 0 Å². The van der Waals surface area contributed by atoms with E-state index in [0.29, 0.717) is 17.3 Å². The zero-order valence-corrected chi connectivity index (χ0v) is 12.8. The second-order valence-electron chi connectivity index (χ2n) is 5.19. The Morgan fingerprint density at radius 3 is 3.10 bits per heavy atom. The Balaban J connectivity index is 2.06. The highest BCUT2D eigenvalue weighted by molar-refractivity contribution is 6.30. The van der Waals surface area contributed by atoms with Gasteiger partial charge in [-0.15, -0.1) is 0 Å². The molecule has 0 saturated carbocycles. The zero-order chi connectivity index (χ0) is 15.2. The quantitative estimate of drug-likeness (QED) is 0.870. The molecule has 1 aromatic carbocycles. The van der Waals surface area contributed by atoms with Crippen LogP contribution in [0.2, 0.25) is 5.02 Å². The van der Waals surface area contributed by atoms with E-state index in [0.717, 1.165) is 24.9 Å². The van der Waals surface area contributed by atoms with Crippen LogP contribution < -0.4 is 4.74 Å². The Kier molecular flexibility index (Phi) is 5.65. The van der Waals surface area contributed by atoms with Crippen molar-refractivity contribution in [1.82, 2.24) is 4.90 Å². The molecule has 1 aromatic rings. The van der Waals surface area contributed by atoms with Crippen LogP contribution in [0, 0.1) is 5.92 Å². The highest BCUT2D eigenvalue weighted by Crippen LogP contribution is 2.24. The second kappa shape index (κ2) is 7.48. The van der Waals surface area contributed by atoms with Gasteiger partial charge in [-0.1, -0.05) is 11.6 Å². The summed E-state index contributed by atoms with van der Waals surface area (Å²) in [5.41, 5.74) is 0.772. The molecule has 1 saturated heterocycles. The standard InChI is InChI=1S/C16H20ClNO3/c1-21-15-6-5-14(17)9-13(15)4-7-16(20)18-8-2-3-12(10-18)11-19/h4-7,9,12,19H,2-3,8,10-11H2,1H3/b7-4+. The minimum absolute atomic E-state index is 0.0461. The van der Waals surface area contributed by atoms with Gasteiger partial charge in [-0.25, -0.2) is 0 Å². The summed E-state index contributed by atoms with van der Waals surface area (Å²) in [5.74, 6) is 0.822. The summed E-state index contributed by atoms with van der Waals surface area (Å²) >= 11 is 5.96. The fourth-order valence-corrected chi connectivity index (χ4v) is 2.70. The highest BCUT2D eigenvalue weighted by Gasteiger charge is 2.21. The minimum atomic E-state index is -0.0461. The molecule has 1 fully saturated rings. The van der Waals surface area contributed by atoms with Gasteiger partial charge >= 0.3 is 0 Å². The predicted molar refractivity (Wildman–Crippen MR) is 83.4 cm³/mol. The minimum Gasteiger partial charge on any atom is -0.496 e. The molecular weight excluding hydrogens is 290 g/mol. The second-order valence-corrected chi connectivity index (χ2v) is 5.63. The Hall–Kier alpha value is -1.52. The lowest BCUT2D eigenvalue weighted by Crippen LogP contribution is -2.40. The molecule has 1 aliphatic heterocycles. The number of methoxy groups -OCH3 is 1. The van der Waals surface area contributed by atoms with Crippen LogP contribution in [0.25, 0.3) is 6.08 Å². The van der Waals surface area contributed by atoms with Crippen molar-refractivity contribution in [3.8, 4) is 5.75 Å². The molecule has 1 amide bonds. The van der Waals surface area contributed by atoms with E-state index in [2.05, 4.69) is 0 Å². The van der Waals surface area contributed by atoms with Crippen LogP contribution in [-0.4, -0.2) is 42.7 Å². The van der Waals surface area contributed by atoms with Gasteiger partial charge in [-0.2, -0.15) is 0 Å². The van der Waals surface area contributed by atoms with Gasteiger partial charge in [0.1, 0.15) is 5.75 Å². The molecule has 0 aromatic heterocycles. The molecule has 114 valence electrons. The van der Waals surface area contributed by atoms with Crippen molar-refractivity contribution in [2.24, 2.45) is 5.92 Å². The largest absolute Gasteiger partial charge is 0.496 e. The van der Waals surface area contributed by atoms with Crippen molar-refractivity contribution in [2.45, 2.75) is 12.8 Å². The van der Waals surface area contributed by atoms with Gasteiger partial charge in [-0.05, 0) is 43.0 Å². The van der Waals surface area contributed by atoms with Crippen molar-refractivity contribution in [3.63, 3.8) is 0 Å². The molecule has 21 heavy (non-hydrogen) atoms. The van der Waals surface area contributed by atoms with Crippen LogP contribution in [0.4, 0.5) is 0 Å². The first-order chi connectivity index (χ1) is 10.1. The molecule has 1 N–H and O–H groups in total. The van der Waals surface area contributed by atoms with E-state index in [1.807, 2.05) is 0 Å². The summed E-state index contributed by atoms with van der Waals surface area (Å²) in [6.07, 6.45) is 5.17. The summed E-state index contributed by atoms with van der Waals surface area (Å²) in [4.78, 5) is 14.0. The normalized spacial score (nSPS) is 19.0. The molecule has 0 bridgehead atoms. The predicted octanol–water partition coefficient (Wildman–Crippen LogP) is 2.59. The summed E-state index contributed by atoms with van der Waals surface area (Å²) in [6, 6.07) is 5.28. The fourth-order valence-electron chi connectivity index (χ4n) is 2.52. The number of rotatable bonds is 4. The average Bonchev–Trinajstić information content (AvgIpc) is 2.52. The van der Waals surface area contributed by atoms with Crippen molar-refractivity contribution in [2.75, 3.05) is 26.8 Å². The first-order valence-electron chi connectivity index (χ1n) is 7.05. The Morgan fingerprint density at radius 1 is 1.57 bits per heavy atom. The van der Waals surface area contributed by atoms with Gasteiger partial charge in [-0.3, -0.25) is 4.79 Å². The molecule has 2 rings (SSSR count). The smallest absolute Gasteiger partial charge is 0.246 e. The van der Waals surface area contributed by atoms with Crippen LogP contribution in [0.1, 0.15) is 18.4 Å². The van der Waals surface area contributed by atoms with E-state index in [9.17, 15) is 9.90 Å². The number of amides is 1. The number of aliphatic hydroxyl groups excluding tert-OH is 1. The lowest BCUT2D eigenvalue weighted by Gasteiger charge is -2.31. The molecule has 0 aliphatic carbocycles. The van der Waals surface area contributed by atoms with Crippen LogP contribution in [-0.2, 0) is 4.79 Å². The third-order valence-electron chi connectivity index (χ3n) is 3.69. The lowest BCUT2D eigenvalue weighted by molar-refractivity contribution is -0.127. The number of piperidine rings is 1. The van der Waals surface area contributed by atoms with E-state index in [4.69, 9.17) is 16.3 Å². The molecule has 0 spiro atoms. The summed E-state index contributed by atoms with van der Waals surface area (Å²) in [7, 11) is 1.58. The highest BCUT2D eigenvalue weighted by atomic mass is 35.5. The molecular formula is C16H20ClNO3. The van der Waals surface area contributed by atoms with Gasteiger partial charge < -0.3 is 14.7 Å². The maximum Gasteiger partial charge on any atom is 0.246 e. The first-order valence-corrected chi connectivity index (χ1v) is 7.43. The molecule has 0 radical (unpaired) electrons. The van der Waals surface area contributed by atoms with E-state index < -0.39 is 0 Å². The Labute approximate surface area is 130 Å². The maximum atomic E-state index is 12.2. The third kappa shape index (κ3) is 4.22. The van der Waals surface area contributed by atoms with Crippen molar-refractivity contribution in [1.29, 1.82) is 0 Å². The van der Waals surface area contributed by atoms with Crippen LogP contribution in [0.15, 0.2) is 24.3 Å². The molecule has 1 heterocycles. The van der Waals surface area contributed by atoms with E-state index >= 15 is 0 Å². The molecule has 1 unspecified atom stereocenters. The number of halogens is 1. The molecule has 4 nitrogen and oxygen atoms in total. The maximum absolute atomic E-state index is 12.2. The number of hydrogen-bond acceptors (Lipinski definition) is 3. The number of likely N-dealkylation sites (tertiary alicyclic amines) is 1. The van der Waals surface area contributed by atoms with Crippen molar-refractivity contribution >= 4 is 23.6 Å². The van der Waals surface area contributed by atoms with Crippen molar-refractivity contribution < 1.29 is 14.6 Å². The number of carbonyl (C=O) groups excluding carboxylic acids is 1. The number of hydrogen-bond donors (Lipinski definition) is 1. The van der Waals surface area contributed by atoms with Crippen LogP contribution in [0.3, 0.4) is 0 Å². The number of nitrogens with zero attached hydrogens (tertiary/aromatic N) is 1. The SMILES string of the molecule is COc1ccc(Cl)cc1/C=C/C(=O)N1CCCC(CO)C1. The van der Waals surface area contributed by atoms with Crippen molar-refractivity contribution in [3.05, 3.63) is 34.9 Å². The summed E-state index contributed by atoms with van der Waals surface area (Å²) in [6.45, 7) is 1.49. The number of carbonyl (C=O) groups is 1. The average molecular weight is 310 g/mol. The van der Waals surface area contributed by atoms with E-state index in [-0.39, 0.29) is 18.4 Å². The molecule has 5 heteroatoms. The Bertz CT molecular complexity index is 530. The van der Waals surface area contributed by atoms with Crippen LogP contribution in [0.5, 0.6) is 5.75 Å². The molecule has 1 aliphatic rings. The zero-order valence-electron chi connectivity index (χ0n) is 12.1.